The minimum atomic E-state index is -0.492. The third kappa shape index (κ3) is 7.71. The first-order chi connectivity index (χ1) is 21.5. The highest BCUT2D eigenvalue weighted by Gasteiger charge is 2.60. The van der Waals surface area contributed by atoms with E-state index in [9.17, 15) is 9.59 Å². The second-order valence-corrected chi connectivity index (χ2v) is 15.3. The van der Waals surface area contributed by atoms with Gasteiger partial charge in [0.05, 0.1) is 11.4 Å². The van der Waals surface area contributed by atoms with Gasteiger partial charge in [-0.1, -0.05) is 80.4 Å². The van der Waals surface area contributed by atoms with Crippen LogP contribution < -0.4 is 5.32 Å². The summed E-state index contributed by atoms with van der Waals surface area (Å²) in [5, 5.41) is 9.20. The second-order valence-electron chi connectivity index (χ2n) is 13.4. The van der Waals surface area contributed by atoms with Crippen molar-refractivity contribution in [1.29, 1.82) is 0 Å². The van der Waals surface area contributed by atoms with E-state index in [4.69, 9.17) is 9.72 Å². The first kappa shape index (κ1) is 33.0. The van der Waals surface area contributed by atoms with E-state index in [2.05, 4.69) is 46.6 Å². The molecule has 1 amide bonds. The van der Waals surface area contributed by atoms with Gasteiger partial charge < -0.3 is 10.1 Å². The fourth-order valence-corrected chi connectivity index (χ4v) is 8.09. The predicted octanol–water partition coefficient (Wildman–Crippen LogP) is 8.87. The summed E-state index contributed by atoms with van der Waals surface area (Å²) in [4.78, 5) is 34.8. The molecule has 2 fully saturated rings. The normalized spacial score (nSPS) is 22.7. The Morgan fingerprint density at radius 3 is 2.16 bits per heavy atom. The van der Waals surface area contributed by atoms with Crippen LogP contribution in [-0.2, 0) is 11.3 Å². The SMILES string of the molecule is CC(C)(C)OC(=O)N1[C@H](CNCc2nc(-c3ccccc3)cs2)C[C@]2(C)CCCC[C@]12C.O=Cc1nc(-c2ccccc2)cs1. The van der Waals surface area contributed by atoms with Gasteiger partial charge in [-0.05, 0) is 52.4 Å². The number of fused-ring (bicyclic) bond motifs is 1. The van der Waals surface area contributed by atoms with Crippen LogP contribution in [0.15, 0.2) is 71.4 Å². The number of carbonyl (C=O) groups excluding carboxylic acids is 2. The molecule has 1 saturated heterocycles. The Labute approximate surface area is 275 Å². The van der Waals surface area contributed by atoms with Gasteiger partial charge in [-0.25, -0.2) is 14.8 Å². The summed E-state index contributed by atoms with van der Waals surface area (Å²) in [6, 6.07) is 20.2. The summed E-state index contributed by atoms with van der Waals surface area (Å²) >= 11 is 3.05. The van der Waals surface area contributed by atoms with Crippen molar-refractivity contribution in [1.82, 2.24) is 20.2 Å². The number of benzene rings is 2. The molecular formula is C36H44N4O3S2. The maximum atomic E-state index is 13.3. The predicted molar refractivity (Wildman–Crippen MR) is 184 cm³/mol. The number of ether oxygens (including phenoxy) is 1. The first-order valence-electron chi connectivity index (χ1n) is 15.7. The molecular weight excluding hydrogens is 601 g/mol. The Kier molecular flexibility index (Phi) is 10.2. The third-order valence-electron chi connectivity index (χ3n) is 9.09. The number of nitrogens with zero attached hydrogens (tertiary/aromatic N) is 3. The lowest BCUT2D eigenvalue weighted by Gasteiger charge is -2.49. The third-order valence-corrected chi connectivity index (χ3v) is 10.7. The molecule has 1 aliphatic heterocycles. The molecule has 3 atom stereocenters. The number of hydrogen-bond acceptors (Lipinski definition) is 8. The lowest BCUT2D eigenvalue weighted by molar-refractivity contribution is -0.0261. The molecule has 1 saturated carbocycles. The highest BCUT2D eigenvalue weighted by atomic mass is 32.1. The van der Waals surface area contributed by atoms with Crippen molar-refractivity contribution in [2.45, 2.75) is 90.4 Å². The van der Waals surface area contributed by atoms with Gasteiger partial charge in [0.1, 0.15) is 10.6 Å². The molecule has 45 heavy (non-hydrogen) atoms. The van der Waals surface area contributed by atoms with E-state index in [-0.39, 0.29) is 23.1 Å². The van der Waals surface area contributed by atoms with Crippen LogP contribution in [0.25, 0.3) is 22.5 Å². The molecule has 2 aliphatic rings. The van der Waals surface area contributed by atoms with Gasteiger partial charge in [-0.2, -0.15) is 0 Å². The van der Waals surface area contributed by atoms with Crippen LogP contribution in [0.3, 0.4) is 0 Å². The van der Waals surface area contributed by atoms with Crippen molar-refractivity contribution in [3.05, 3.63) is 81.4 Å². The fourth-order valence-electron chi connectivity index (χ4n) is 6.69. The van der Waals surface area contributed by atoms with Crippen molar-refractivity contribution >= 4 is 35.1 Å². The summed E-state index contributed by atoms with van der Waals surface area (Å²) in [5.74, 6) is 0. The summed E-state index contributed by atoms with van der Waals surface area (Å²) < 4.78 is 5.88. The minimum Gasteiger partial charge on any atom is -0.444 e. The van der Waals surface area contributed by atoms with Crippen molar-refractivity contribution in [2.75, 3.05) is 6.54 Å². The zero-order valence-corrected chi connectivity index (χ0v) is 28.5. The molecule has 2 aromatic carbocycles. The fraction of sp³-hybridized carbons (Fsp3) is 0.444. The quantitative estimate of drug-likeness (QED) is 0.202. The van der Waals surface area contributed by atoms with Gasteiger partial charge in [0.15, 0.2) is 11.3 Å². The van der Waals surface area contributed by atoms with E-state index < -0.39 is 5.60 Å². The Hall–Kier alpha value is -3.40. The Morgan fingerprint density at radius 1 is 0.956 bits per heavy atom. The molecule has 7 nitrogen and oxygen atoms in total. The van der Waals surface area contributed by atoms with Gasteiger partial charge >= 0.3 is 6.09 Å². The maximum absolute atomic E-state index is 13.3. The number of amides is 1. The van der Waals surface area contributed by atoms with E-state index in [1.807, 2.05) is 74.7 Å². The van der Waals surface area contributed by atoms with E-state index in [0.29, 0.717) is 11.6 Å². The summed E-state index contributed by atoms with van der Waals surface area (Å²) in [6.07, 6.45) is 6.26. The van der Waals surface area contributed by atoms with Crippen LogP contribution in [0.4, 0.5) is 4.79 Å². The van der Waals surface area contributed by atoms with Crippen molar-refractivity contribution < 1.29 is 14.3 Å². The number of rotatable bonds is 7. The van der Waals surface area contributed by atoms with Gasteiger partial charge in [0, 0.05) is 46.6 Å². The summed E-state index contributed by atoms with van der Waals surface area (Å²) in [5.41, 5.74) is 3.58. The van der Waals surface area contributed by atoms with Gasteiger partial charge in [0.25, 0.3) is 0 Å². The maximum Gasteiger partial charge on any atom is 0.411 e. The van der Waals surface area contributed by atoms with Gasteiger partial charge in [-0.3, -0.25) is 9.69 Å². The van der Waals surface area contributed by atoms with Gasteiger partial charge in [-0.15, -0.1) is 22.7 Å². The lowest BCUT2D eigenvalue weighted by Crippen LogP contribution is -2.57. The Bertz CT molecular complexity index is 1570. The molecule has 4 aromatic rings. The van der Waals surface area contributed by atoms with E-state index in [1.54, 1.807) is 11.3 Å². The minimum absolute atomic E-state index is 0.131. The average molecular weight is 645 g/mol. The number of thiazole rings is 2. The molecule has 1 N–H and O–H groups in total. The van der Waals surface area contributed by atoms with E-state index in [0.717, 1.165) is 53.2 Å². The topological polar surface area (TPSA) is 84.4 Å². The molecule has 9 heteroatoms. The van der Waals surface area contributed by atoms with Crippen molar-refractivity contribution in [2.24, 2.45) is 5.41 Å². The Morgan fingerprint density at radius 2 is 1.56 bits per heavy atom. The van der Waals surface area contributed by atoms with Crippen LogP contribution in [0.1, 0.15) is 81.5 Å². The first-order valence-corrected chi connectivity index (χ1v) is 17.5. The monoisotopic (exact) mass is 644 g/mol. The van der Waals surface area contributed by atoms with E-state index >= 15 is 0 Å². The lowest BCUT2D eigenvalue weighted by atomic mass is 9.63. The van der Waals surface area contributed by atoms with Crippen molar-refractivity contribution in [3.63, 3.8) is 0 Å². The molecule has 2 aromatic heterocycles. The second kappa shape index (κ2) is 13.9. The molecule has 1 aliphatic carbocycles. The molecule has 3 heterocycles. The molecule has 0 spiro atoms. The zero-order chi connectivity index (χ0) is 32.1. The molecule has 6 rings (SSSR count). The van der Waals surface area contributed by atoms with E-state index in [1.165, 1.54) is 30.6 Å². The highest BCUT2D eigenvalue weighted by Crippen LogP contribution is 2.56. The number of carbonyl (C=O) groups is 2. The number of nitrogens with one attached hydrogen (secondary N) is 1. The standard InChI is InChI=1S/C26H37N3O2S.C10H7NOS/c1-24(2,3)31-23(30)29-20(15-25(4)13-9-10-14-26(25,29)5)16-27-17-22-28-21(18-32-22)19-11-7-6-8-12-19;12-6-10-11-9(7-13-10)8-4-2-1-3-5-8/h6-8,11-12,18,20,27H,9-10,13-17H2,1-5H3;1-7H/t20-,25-,26-;/m0./s1. The van der Waals surface area contributed by atoms with Gasteiger partial charge in [0.2, 0.25) is 0 Å². The molecule has 0 unspecified atom stereocenters. The largest absolute Gasteiger partial charge is 0.444 e. The smallest absolute Gasteiger partial charge is 0.411 e. The average Bonchev–Trinajstić information content (AvgIpc) is 3.74. The summed E-state index contributed by atoms with van der Waals surface area (Å²) in [7, 11) is 0. The summed E-state index contributed by atoms with van der Waals surface area (Å²) in [6.45, 7) is 12.0. The Balaban J connectivity index is 0.000000256. The zero-order valence-electron chi connectivity index (χ0n) is 26.9. The van der Waals surface area contributed by atoms with Crippen LogP contribution in [0.2, 0.25) is 0 Å². The highest BCUT2D eigenvalue weighted by molar-refractivity contribution is 7.11. The molecule has 0 radical (unpaired) electrons. The molecule has 238 valence electrons. The molecule has 0 bridgehead atoms. The van der Waals surface area contributed by atoms with Crippen LogP contribution in [0.5, 0.6) is 0 Å². The number of aromatic nitrogens is 2. The number of aldehydes is 1. The van der Waals surface area contributed by atoms with Crippen LogP contribution in [0, 0.1) is 5.41 Å². The van der Waals surface area contributed by atoms with Crippen LogP contribution in [-0.4, -0.2) is 51.0 Å². The van der Waals surface area contributed by atoms with Crippen LogP contribution >= 0.6 is 22.7 Å². The number of hydrogen-bond donors (Lipinski definition) is 1. The number of likely N-dealkylation sites (tertiary alicyclic amines) is 1. The van der Waals surface area contributed by atoms with Crippen molar-refractivity contribution in [3.8, 4) is 22.5 Å².